The van der Waals surface area contributed by atoms with Gasteiger partial charge in [-0.2, -0.15) is 0 Å². The van der Waals surface area contributed by atoms with Crippen LogP contribution in [0.1, 0.15) is 62.6 Å². The predicted octanol–water partition coefficient (Wildman–Crippen LogP) is 9.73. The van der Waals surface area contributed by atoms with Gasteiger partial charge in [-0.3, -0.25) is 0 Å². The highest BCUT2D eigenvalue weighted by Gasteiger charge is 2.14. The van der Waals surface area contributed by atoms with Gasteiger partial charge in [0.25, 0.3) is 0 Å². The van der Waals surface area contributed by atoms with E-state index in [9.17, 15) is 4.39 Å². The van der Waals surface area contributed by atoms with Crippen molar-refractivity contribution in [3.05, 3.63) is 120 Å². The molecule has 0 saturated heterocycles. The van der Waals surface area contributed by atoms with Crippen LogP contribution in [0.15, 0.2) is 97.1 Å². The Labute approximate surface area is 221 Å². The van der Waals surface area contributed by atoms with Crippen LogP contribution in [0.2, 0.25) is 0 Å². The molecule has 0 aliphatic heterocycles. The monoisotopic (exact) mass is 492 g/mol. The molecule has 4 aromatic rings. The lowest BCUT2D eigenvalue weighted by atomic mass is 9.87. The first-order valence-electron chi connectivity index (χ1n) is 12.9. The van der Waals surface area contributed by atoms with Crippen molar-refractivity contribution in [2.45, 2.75) is 46.0 Å². The van der Waals surface area contributed by atoms with Gasteiger partial charge in [-0.05, 0) is 81.5 Å². The second-order valence-electron chi connectivity index (χ2n) is 9.52. The number of anilines is 1. The number of hydrogen-bond donors (Lipinski definition) is 2. The van der Waals surface area contributed by atoms with Gasteiger partial charge in [-0.25, -0.2) is 4.39 Å². The van der Waals surface area contributed by atoms with Gasteiger partial charge in [-0.1, -0.05) is 107 Å². The molecule has 0 spiro atoms. The van der Waals surface area contributed by atoms with Gasteiger partial charge >= 0.3 is 0 Å². The Kier molecular flexibility index (Phi) is 9.97. The highest BCUT2D eigenvalue weighted by molar-refractivity contribution is 5.90. The molecule has 190 valence electrons. The average molecular weight is 493 g/mol. The third-order valence-corrected chi connectivity index (χ3v) is 6.59. The van der Waals surface area contributed by atoms with Gasteiger partial charge in [0, 0.05) is 11.9 Å². The number of halogens is 1. The summed E-state index contributed by atoms with van der Waals surface area (Å²) in [7, 11) is 0. The fourth-order valence-electron chi connectivity index (χ4n) is 4.24. The van der Waals surface area contributed by atoms with Crippen LogP contribution >= 0.6 is 0 Å². The van der Waals surface area contributed by atoms with E-state index < -0.39 is 0 Å². The smallest absolute Gasteiger partial charge is 0.123 e. The van der Waals surface area contributed by atoms with Crippen molar-refractivity contribution in [3.63, 3.8) is 0 Å². The van der Waals surface area contributed by atoms with Gasteiger partial charge in [0.05, 0.1) is 0 Å². The molecule has 0 amide bonds. The van der Waals surface area contributed by atoms with Crippen LogP contribution in [0, 0.1) is 11.2 Å². The summed E-state index contributed by atoms with van der Waals surface area (Å²) in [6, 6.07) is 30.1. The quantitative estimate of drug-likeness (QED) is 0.196. The third kappa shape index (κ3) is 7.27. The number of rotatable bonds is 7. The minimum Gasteiger partial charge on any atom is -0.398 e. The van der Waals surface area contributed by atoms with E-state index in [1.54, 1.807) is 12.1 Å². The molecule has 0 heterocycles. The molecule has 1 unspecified atom stereocenters. The molecule has 0 saturated carbocycles. The van der Waals surface area contributed by atoms with Gasteiger partial charge in [-0.15, -0.1) is 0 Å². The van der Waals surface area contributed by atoms with Crippen molar-refractivity contribution < 1.29 is 4.39 Å². The van der Waals surface area contributed by atoms with Crippen molar-refractivity contribution >= 4 is 18.0 Å². The molecular formula is C34H37FN2. The summed E-state index contributed by atoms with van der Waals surface area (Å²) in [6.45, 7) is 8.57. The summed E-state index contributed by atoms with van der Waals surface area (Å²) in [5.74, 6) is 0.575. The van der Waals surface area contributed by atoms with E-state index >= 15 is 0 Å². The maximum Gasteiger partial charge on any atom is 0.123 e. The second kappa shape index (κ2) is 13.4. The molecular weight excluding hydrogens is 455 g/mol. The zero-order valence-corrected chi connectivity index (χ0v) is 22.2. The molecule has 2 nitrogen and oxygen atoms in total. The lowest BCUT2D eigenvalue weighted by Gasteiger charge is -2.17. The third-order valence-electron chi connectivity index (χ3n) is 6.59. The standard InChI is InChI=1S/C24H23N.C10H14FN/c1-18(2)21-16-23(19-10-5-3-6-11-19)22(14-9-15-25)24(17-21)20-12-7-4-8-13-20;1-3-7(2)9-6-8(11)4-5-10(9)12/h3-18,25H,1-2H3;4-7H,3,12H2,1-2H3/b14-9+,25-15?;. The van der Waals surface area contributed by atoms with Crippen LogP contribution in [-0.2, 0) is 0 Å². The number of nitrogens with two attached hydrogens (primary N) is 1. The highest BCUT2D eigenvalue weighted by atomic mass is 19.1. The molecule has 0 bridgehead atoms. The second-order valence-corrected chi connectivity index (χ2v) is 9.52. The van der Waals surface area contributed by atoms with Crippen LogP contribution in [0.25, 0.3) is 28.3 Å². The molecule has 0 aliphatic carbocycles. The molecule has 4 aromatic carbocycles. The van der Waals surface area contributed by atoms with Crippen LogP contribution in [0.3, 0.4) is 0 Å². The minimum absolute atomic E-state index is 0.209. The maximum atomic E-state index is 12.8. The van der Waals surface area contributed by atoms with E-state index in [0.29, 0.717) is 17.5 Å². The molecule has 0 fully saturated rings. The Hall–Kier alpha value is -3.98. The summed E-state index contributed by atoms with van der Waals surface area (Å²) in [5, 5.41) is 7.40. The van der Waals surface area contributed by atoms with E-state index in [0.717, 1.165) is 17.5 Å². The number of benzene rings is 4. The zero-order valence-electron chi connectivity index (χ0n) is 22.2. The summed E-state index contributed by atoms with van der Waals surface area (Å²) < 4.78 is 12.8. The van der Waals surface area contributed by atoms with Gasteiger partial charge in [0.1, 0.15) is 5.82 Å². The van der Waals surface area contributed by atoms with Crippen molar-refractivity contribution in [2.24, 2.45) is 0 Å². The summed E-state index contributed by atoms with van der Waals surface area (Å²) >= 11 is 0. The first kappa shape index (κ1) is 27.6. The molecule has 0 aromatic heterocycles. The Morgan fingerprint density at radius 2 is 1.35 bits per heavy atom. The molecule has 3 N–H and O–H groups in total. The van der Waals surface area contributed by atoms with Crippen molar-refractivity contribution in [2.75, 3.05) is 5.73 Å². The van der Waals surface area contributed by atoms with Crippen molar-refractivity contribution in [1.29, 1.82) is 5.41 Å². The normalized spacial score (nSPS) is 11.7. The molecule has 4 rings (SSSR count). The first-order chi connectivity index (χ1) is 17.8. The zero-order chi connectivity index (χ0) is 26.8. The Morgan fingerprint density at radius 3 is 1.81 bits per heavy atom. The molecule has 1 atom stereocenters. The largest absolute Gasteiger partial charge is 0.398 e. The van der Waals surface area contributed by atoms with E-state index in [1.165, 1.54) is 46.2 Å². The van der Waals surface area contributed by atoms with Crippen LogP contribution in [0.5, 0.6) is 0 Å². The van der Waals surface area contributed by atoms with Crippen LogP contribution in [0.4, 0.5) is 10.1 Å². The Balaban J connectivity index is 0.000000266. The fourth-order valence-corrected chi connectivity index (χ4v) is 4.24. The summed E-state index contributed by atoms with van der Waals surface area (Å²) in [4.78, 5) is 0. The number of nitrogen functional groups attached to an aromatic ring is 1. The fraction of sp³-hybridized carbons (Fsp3) is 0.206. The van der Waals surface area contributed by atoms with Crippen molar-refractivity contribution in [1.82, 2.24) is 0 Å². The van der Waals surface area contributed by atoms with Gasteiger partial charge in [0.15, 0.2) is 0 Å². The first-order valence-corrected chi connectivity index (χ1v) is 12.9. The summed E-state index contributed by atoms with van der Waals surface area (Å²) in [5.41, 5.74) is 14.6. The maximum absolute atomic E-state index is 12.8. The van der Waals surface area contributed by atoms with E-state index in [2.05, 4.69) is 81.4 Å². The van der Waals surface area contributed by atoms with E-state index in [-0.39, 0.29) is 5.82 Å². The van der Waals surface area contributed by atoms with E-state index in [4.69, 9.17) is 11.1 Å². The number of nitrogens with one attached hydrogen (secondary N) is 1. The SMILES string of the molecule is CC(C)c1cc(-c2ccccc2)c(/C=C/C=N)c(-c2ccccc2)c1.CCC(C)c1cc(F)ccc1N. The van der Waals surface area contributed by atoms with Crippen molar-refractivity contribution in [3.8, 4) is 22.3 Å². The molecule has 0 radical (unpaired) electrons. The Bertz CT molecular complexity index is 1260. The molecule has 3 heteroatoms. The average Bonchev–Trinajstić information content (AvgIpc) is 2.93. The molecule has 37 heavy (non-hydrogen) atoms. The molecule has 0 aliphatic rings. The van der Waals surface area contributed by atoms with E-state index in [1.807, 2.05) is 25.1 Å². The van der Waals surface area contributed by atoms with Gasteiger partial charge < -0.3 is 11.1 Å². The topological polar surface area (TPSA) is 49.9 Å². The number of allylic oxidation sites excluding steroid dienone is 1. The number of hydrogen-bond acceptors (Lipinski definition) is 2. The highest BCUT2D eigenvalue weighted by Crippen LogP contribution is 2.37. The Morgan fingerprint density at radius 1 is 0.811 bits per heavy atom. The minimum atomic E-state index is -0.209. The van der Waals surface area contributed by atoms with Gasteiger partial charge in [0.2, 0.25) is 0 Å². The summed E-state index contributed by atoms with van der Waals surface area (Å²) in [6.07, 6.45) is 6.15. The predicted molar refractivity (Wildman–Crippen MR) is 159 cm³/mol. The lowest BCUT2D eigenvalue weighted by Crippen LogP contribution is -1.98. The van der Waals surface area contributed by atoms with Crippen LogP contribution in [-0.4, -0.2) is 6.21 Å². The lowest BCUT2D eigenvalue weighted by molar-refractivity contribution is 0.620. The van der Waals surface area contributed by atoms with Crippen LogP contribution < -0.4 is 5.73 Å².